The normalized spacial score (nSPS) is 22.5. The number of aliphatic hydroxyl groups is 6. The van der Waals surface area contributed by atoms with Crippen molar-refractivity contribution in [3.63, 3.8) is 0 Å². The molecule has 1 heterocycles. The summed E-state index contributed by atoms with van der Waals surface area (Å²) in [6.45, 7) is 5.99. The number of aliphatic hydroxyl groups excluding tert-OH is 6. The van der Waals surface area contributed by atoms with Crippen LogP contribution in [0.25, 0.3) is 0 Å². The summed E-state index contributed by atoms with van der Waals surface area (Å²) in [5.41, 5.74) is 18.3. The van der Waals surface area contributed by atoms with E-state index in [1.54, 1.807) is 19.1 Å². The monoisotopic (exact) mass is 2120 g/mol. The fourth-order valence-electron chi connectivity index (χ4n) is 18.6. The molecule has 3 aromatic rings. The van der Waals surface area contributed by atoms with E-state index in [9.17, 15) is 93.0 Å². The van der Waals surface area contributed by atoms with Gasteiger partial charge in [-0.05, 0) is 138 Å². The first kappa shape index (κ1) is 127. The minimum absolute atomic E-state index is 0.0330. The van der Waals surface area contributed by atoms with Gasteiger partial charge in [0.25, 0.3) is 0 Å². The number of carbonyl (C=O) groups is 13. The Morgan fingerprint density at radius 1 is 0.353 bits per heavy atom. The fourth-order valence-corrected chi connectivity index (χ4v) is 18.6. The highest BCUT2D eigenvalue weighted by Gasteiger charge is 2.48. The first-order valence-corrected chi connectivity index (χ1v) is 53.3. The van der Waals surface area contributed by atoms with Gasteiger partial charge in [-0.3, -0.25) is 57.5 Å². The predicted molar refractivity (Wildman–Crippen MR) is 548 cm³/mol. The second-order valence-electron chi connectivity index (χ2n) is 39.5. The molecule has 8 amide bonds. The Kier molecular flexibility index (Phi) is 59.4. The van der Waals surface area contributed by atoms with Gasteiger partial charge in [-0.25, -0.2) is 0 Å². The number of nitrogens with two attached hydrogens (primary N) is 3. The Morgan fingerprint density at radius 3 is 1.03 bits per heavy atom. The maximum Gasteiger partial charge on any atom is 0.306 e. The maximum absolute atomic E-state index is 14.5. The van der Waals surface area contributed by atoms with Crippen LogP contribution < -0.4 is 63.9 Å². The molecule has 844 valence electrons. The van der Waals surface area contributed by atoms with Crippen LogP contribution in [0.4, 0.5) is 0 Å². The average Bonchev–Trinajstić information content (AvgIpc) is 1.00. The number of carbonyl (C=O) groups excluding carboxylic acids is 13. The number of esters is 4. The molecule has 4 aliphatic rings. The quantitative estimate of drug-likeness (QED) is 0.0167. The van der Waals surface area contributed by atoms with Gasteiger partial charge in [0, 0.05) is 162 Å². The van der Waals surface area contributed by atoms with E-state index in [2.05, 4.69) is 37.2 Å². The highest BCUT2D eigenvalue weighted by Crippen LogP contribution is 2.43. The van der Waals surface area contributed by atoms with Crippen LogP contribution in [0.1, 0.15) is 243 Å². The molecule has 17 atom stereocenters. The number of Topliss-reactive ketones (excluding diaryl/α,β-unsaturated/α-hetero) is 1. The highest BCUT2D eigenvalue weighted by molar-refractivity contribution is 5.82. The molecular weight excluding hydrogens is 1950 g/mol. The van der Waals surface area contributed by atoms with Crippen LogP contribution >= 0.6 is 0 Å². The molecule has 3 saturated carbocycles. The standard InChI is InChI=1S/C107H169N11O32/c1-71(119)34-43-96(131)150-84-62-81(67-149-107(78-27-14-13-15-28-78,79-35-39-82(138-5)40-36-79)80-37-41-83(139-6)42-38-80)118(63-84)95(130)33-17-12-10-8-7-9-11-16-32-94(129)117-106(68-140-56-44-91(126)114-50-24-47-111-88(123)29-18-21-53-143-85-59-75(64-146-72(2)120)100(132)103(135)97(85)108,69-141-57-45-92(127)115-51-25-48-112-89(124)30-19-22-54-144-86-60-76(65-147-73(3)121)101(133)104(136)98(86)109)70-142-58-46-93(128)116-52-26-49-113-90(125)31-20-23-55-145-87-61-77(66-148-74(4)122)102(134)105(137)99(87)110/h13-15,27-28,35-42,75-77,81,84-87,97-105,132-137H,7-12,16-26,29-34,43-70,108-110H2,1-6H3,(H,111,123)(H,112,124)(H,113,125)(H,114,126)(H,115,127)(H,116,128)(H,117,129)/t75?,76?,77?,81-,84+,85?,86?,87?,97?,98?,99?,100?,101?,102?,103?,104?,105?,106?/m0/s1. The second kappa shape index (κ2) is 70.3. The Morgan fingerprint density at radius 2 is 0.680 bits per heavy atom. The Bertz CT molecular complexity index is 4220. The van der Waals surface area contributed by atoms with Crippen molar-refractivity contribution in [2.75, 3.05) is 146 Å². The van der Waals surface area contributed by atoms with E-state index in [1.165, 1.54) is 27.7 Å². The van der Waals surface area contributed by atoms with E-state index in [1.807, 2.05) is 78.9 Å². The Hall–Kier alpha value is -10.1. The van der Waals surface area contributed by atoms with Crippen molar-refractivity contribution in [3.05, 3.63) is 95.6 Å². The molecular formula is C107H169N11O32. The van der Waals surface area contributed by atoms with Gasteiger partial charge < -0.3 is 156 Å². The third-order valence-electron chi connectivity index (χ3n) is 27.3. The average molecular weight is 2120 g/mol. The summed E-state index contributed by atoms with van der Waals surface area (Å²) in [4.78, 5) is 168. The minimum Gasteiger partial charge on any atom is -0.497 e. The third-order valence-corrected chi connectivity index (χ3v) is 27.3. The van der Waals surface area contributed by atoms with Gasteiger partial charge in [0.1, 0.15) is 34.5 Å². The Labute approximate surface area is 880 Å². The molecule has 43 heteroatoms. The number of hydrogen-bond donors (Lipinski definition) is 16. The SMILES string of the molecule is COc1ccc(C(OC[C@@H]2C[C@@H](OC(=O)CCC(C)=O)CN2C(=O)CCCCCCCCCCC(=O)NC(COCCC(=O)NCCCNC(=O)CCCCOC2CC(COC(C)=O)C(O)C(O)C2N)(COCCC(=O)NCCCNC(=O)CCCCOC2CC(COC(C)=O)C(O)C(O)C2N)COCCC(=O)NCCCNC(=O)CCCCOC2CC(COC(C)=O)C(O)C(O)C2N)(c2ccccc2)c2ccc(OC)cc2)cc1. The van der Waals surface area contributed by atoms with Gasteiger partial charge in [0.2, 0.25) is 47.3 Å². The van der Waals surface area contributed by atoms with E-state index in [0.29, 0.717) is 95.0 Å². The Balaban J connectivity index is 0.929. The molecule has 0 aromatic heterocycles. The van der Waals surface area contributed by atoms with Crippen LogP contribution in [0.5, 0.6) is 11.5 Å². The molecule has 4 fully saturated rings. The zero-order chi connectivity index (χ0) is 109. The lowest BCUT2D eigenvalue weighted by atomic mass is 9.80. The van der Waals surface area contributed by atoms with E-state index in [4.69, 9.17) is 78.8 Å². The molecule has 19 N–H and O–H groups in total. The highest BCUT2D eigenvalue weighted by atomic mass is 16.6. The maximum atomic E-state index is 14.5. The number of ketones is 1. The van der Waals surface area contributed by atoms with Gasteiger partial charge in [-0.2, -0.15) is 0 Å². The number of nitrogens with zero attached hydrogens (tertiary/aromatic N) is 1. The molecule has 0 bridgehead atoms. The van der Waals surface area contributed by atoms with Crippen LogP contribution in [-0.4, -0.2) is 349 Å². The summed E-state index contributed by atoms with van der Waals surface area (Å²) in [5.74, 6) is -4.89. The van der Waals surface area contributed by atoms with E-state index < -0.39 is 138 Å². The first-order valence-electron chi connectivity index (χ1n) is 53.3. The largest absolute Gasteiger partial charge is 0.497 e. The van der Waals surface area contributed by atoms with Crippen molar-refractivity contribution in [1.82, 2.24) is 42.1 Å². The van der Waals surface area contributed by atoms with Gasteiger partial charge in [0.05, 0.1) is 172 Å². The molecule has 7 rings (SSSR count). The van der Waals surface area contributed by atoms with E-state index in [-0.39, 0.29) is 268 Å². The second-order valence-corrected chi connectivity index (χ2v) is 39.5. The number of hydrogen-bond acceptors (Lipinski definition) is 35. The summed E-state index contributed by atoms with van der Waals surface area (Å²) in [5, 5.41) is 83.2. The van der Waals surface area contributed by atoms with Crippen molar-refractivity contribution < 1.29 is 155 Å². The number of unbranched alkanes of at least 4 members (excludes halogenated alkanes) is 10. The lowest BCUT2D eigenvalue weighted by Crippen LogP contribution is -2.59. The van der Waals surface area contributed by atoms with E-state index in [0.717, 1.165) is 48.8 Å². The van der Waals surface area contributed by atoms with Crippen molar-refractivity contribution in [1.29, 1.82) is 0 Å². The number of nitrogens with one attached hydrogen (secondary N) is 7. The lowest BCUT2D eigenvalue weighted by molar-refractivity contribution is -0.153. The molecule has 43 nitrogen and oxygen atoms in total. The number of benzene rings is 3. The third kappa shape index (κ3) is 46.5. The van der Waals surface area contributed by atoms with Crippen molar-refractivity contribution in [3.8, 4) is 11.5 Å². The number of likely N-dealkylation sites (tertiary alicyclic amines) is 1. The molecule has 3 aliphatic carbocycles. The van der Waals surface area contributed by atoms with Crippen LogP contribution in [0.2, 0.25) is 0 Å². The van der Waals surface area contributed by atoms with Gasteiger partial charge in [-0.1, -0.05) is 93.1 Å². The van der Waals surface area contributed by atoms with Crippen molar-refractivity contribution in [2.45, 2.75) is 323 Å². The predicted octanol–water partition coefficient (Wildman–Crippen LogP) is 3.30. The smallest absolute Gasteiger partial charge is 0.306 e. The van der Waals surface area contributed by atoms with Crippen molar-refractivity contribution in [2.24, 2.45) is 35.0 Å². The first-order chi connectivity index (χ1) is 72.0. The number of rotatable bonds is 75. The summed E-state index contributed by atoms with van der Waals surface area (Å²) in [7, 11) is 3.19. The lowest BCUT2D eigenvalue weighted by Gasteiger charge is -2.40. The molecule has 0 spiro atoms. The van der Waals surface area contributed by atoms with Crippen LogP contribution in [0.15, 0.2) is 78.9 Å². The topological polar surface area (TPSA) is 629 Å². The summed E-state index contributed by atoms with van der Waals surface area (Å²) < 4.78 is 76.0. The zero-order valence-corrected chi connectivity index (χ0v) is 88.4. The minimum atomic E-state index is -1.46. The van der Waals surface area contributed by atoms with Crippen LogP contribution in [-0.2, 0) is 120 Å². The summed E-state index contributed by atoms with van der Waals surface area (Å²) >= 11 is 0. The van der Waals surface area contributed by atoms with Gasteiger partial charge >= 0.3 is 23.9 Å². The zero-order valence-electron chi connectivity index (χ0n) is 88.4. The number of amides is 8. The van der Waals surface area contributed by atoms with Gasteiger partial charge in [0.15, 0.2) is 0 Å². The number of methoxy groups -OCH3 is 2. The summed E-state index contributed by atoms with van der Waals surface area (Å²) in [6, 6.07) is 22.0. The molecule has 15 unspecified atom stereocenters. The summed E-state index contributed by atoms with van der Waals surface area (Å²) in [6.07, 6.45) is 1.60. The molecule has 1 aliphatic heterocycles. The molecule has 3 aromatic carbocycles. The van der Waals surface area contributed by atoms with E-state index >= 15 is 0 Å². The molecule has 1 saturated heterocycles. The van der Waals surface area contributed by atoms with Crippen LogP contribution in [0, 0.1) is 17.8 Å². The van der Waals surface area contributed by atoms with Gasteiger partial charge in [-0.15, -0.1) is 0 Å². The van der Waals surface area contributed by atoms with Crippen molar-refractivity contribution >= 4 is 76.9 Å². The fraction of sp³-hybridized carbons (Fsp3) is 0.710. The molecule has 0 radical (unpaired) electrons. The molecule has 150 heavy (non-hydrogen) atoms. The van der Waals surface area contributed by atoms with Crippen LogP contribution in [0.3, 0.4) is 0 Å². The number of ether oxygens (including phenoxy) is 13.